The maximum Gasteiger partial charge on any atom is 0.243 e. The van der Waals surface area contributed by atoms with Gasteiger partial charge in [-0.05, 0) is 25.3 Å². The zero-order valence-corrected chi connectivity index (χ0v) is 15.5. The Hall–Kier alpha value is -2.30. The van der Waals surface area contributed by atoms with Gasteiger partial charge in [-0.3, -0.25) is 4.79 Å². The Bertz CT molecular complexity index is 576. The molecule has 0 saturated carbocycles. The van der Waals surface area contributed by atoms with Crippen molar-refractivity contribution in [2.24, 2.45) is 4.99 Å². The predicted molar refractivity (Wildman–Crippen MR) is 101 cm³/mol. The van der Waals surface area contributed by atoms with Gasteiger partial charge in [0.2, 0.25) is 5.91 Å². The highest BCUT2D eigenvalue weighted by molar-refractivity contribution is 5.84. The highest BCUT2D eigenvalue weighted by Crippen LogP contribution is 2.14. The Kier molecular flexibility index (Phi) is 8.02. The van der Waals surface area contributed by atoms with E-state index in [1.807, 2.05) is 6.92 Å². The van der Waals surface area contributed by atoms with Crippen LogP contribution in [0.15, 0.2) is 41.4 Å². The number of likely N-dealkylation sites (N-methyl/N-ethyl adjacent to an activating group) is 1. The van der Waals surface area contributed by atoms with Crippen molar-refractivity contribution in [3.05, 3.63) is 47.5 Å². The summed E-state index contributed by atoms with van der Waals surface area (Å²) in [4.78, 5) is 17.6. The van der Waals surface area contributed by atoms with Gasteiger partial charge < -0.3 is 15.5 Å². The van der Waals surface area contributed by atoms with Crippen molar-refractivity contribution in [3.8, 4) is 0 Å². The Morgan fingerprint density at radius 3 is 2.42 bits per heavy atom. The average molecular weight is 330 g/mol. The number of aryl methyl sites for hydroxylation is 1. The van der Waals surface area contributed by atoms with Crippen molar-refractivity contribution in [3.63, 3.8) is 0 Å². The molecule has 0 aliphatic heterocycles. The number of benzene rings is 1. The highest BCUT2D eigenvalue weighted by atomic mass is 16.2. The maximum atomic E-state index is 11.7. The Morgan fingerprint density at radius 1 is 1.25 bits per heavy atom. The molecule has 0 fully saturated rings. The SMILES string of the molecule is C=C(C)CNC(=NCC(=O)N(C)C)NCC(C)c1ccc(C)cc1. The zero-order valence-electron chi connectivity index (χ0n) is 15.5. The molecule has 5 nitrogen and oxygen atoms in total. The number of carbonyl (C=O) groups excluding carboxylic acids is 1. The Balaban J connectivity index is 2.65. The number of rotatable bonds is 7. The van der Waals surface area contributed by atoms with Crippen LogP contribution in [0.2, 0.25) is 0 Å². The van der Waals surface area contributed by atoms with Crippen LogP contribution in [-0.2, 0) is 4.79 Å². The molecule has 1 aromatic carbocycles. The van der Waals surface area contributed by atoms with Gasteiger partial charge >= 0.3 is 0 Å². The standard InChI is InChI=1S/C19H30N4O/c1-14(2)11-20-19(22-13-18(24)23(5)6)21-12-16(4)17-9-7-15(3)8-10-17/h7-10,16H,1,11-13H2,2-6H3,(H2,20,21,22). The van der Waals surface area contributed by atoms with E-state index in [1.165, 1.54) is 16.0 Å². The van der Waals surface area contributed by atoms with E-state index in [4.69, 9.17) is 0 Å². The second-order valence-corrected chi connectivity index (χ2v) is 6.46. The van der Waals surface area contributed by atoms with Crippen molar-refractivity contribution in [2.45, 2.75) is 26.7 Å². The number of nitrogens with zero attached hydrogens (tertiary/aromatic N) is 2. The lowest BCUT2D eigenvalue weighted by molar-refractivity contribution is -0.127. The van der Waals surface area contributed by atoms with Crippen molar-refractivity contribution >= 4 is 11.9 Å². The van der Waals surface area contributed by atoms with Crippen LogP contribution in [0.4, 0.5) is 0 Å². The minimum atomic E-state index is -0.0296. The molecule has 1 atom stereocenters. The highest BCUT2D eigenvalue weighted by Gasteiger charge is 2.08. The van der Waals surface area contributed by atoms with E-state index in [9.17, 15) is 4.79 Å². The van der Waals surface area contributed by atoms with Gasteiger partial charge in [-0.1, -0.05) is 48.9 Å². The summed E-state index contributed by atoms with van der Waals surface area (Å²) in [5.41, 5.74) is 3.54. The van der Waals surface area contributed by atoms with E-state index in [0.29, 0.717) is 18.4 Å². The molecular formula is C19H30N4O. The van der Waals surface area contributed by atoms with Crippen molar-refractivity contribution in [1.29, 1.82) is 0 Å². The molecule has 24 heavy (non-hydrogen) atoms. The molecular weight excluding hydrogens is 300 g/mol. The third kappa shape index (κ3) is 7.31. The molecule has 1 rings (SSSR count). The van der Waals surface area contributed by atoms with Crippen molar-refractivity contribution in [2.75, 3.05) is 33.7 Å². The number of hydrogen-bond donors (Lipinski definition) is 2. The van der Waals surface area contributed by atoms with E-state index >= 15 is 0 Å². The topological polar surface area (TPSA) is 56.7 Å². The van der Waals surface area contributed by atoms with Gasteiger partial charge in [0.05, 0.1) is 0 Å². The number of aliphatic imine (C=N–C) groups is 1. The molecule has 0 saturated heterocycles. The normalized spacial score (nSPS) is 12.5. The average Bonchev–Trinajstić information content (AvgIpc) is 2.53. The van der Waals surface area contributed by atoms with Gasteiger partial charge in [0.1, 0.15) is 6.54 Å². The Labute approximate surface area is 145 Å². The summed E-state index contributed by atoms with van der Waals surface area (Å²) in [5.74, 6) is 0.942. The first-order valence-electron chi connectivity index (χ1n) is 8.23. The molecule has 0 aromatic heterocycles. The summed E-state index contributed by atoms with van der Waals surface area (Å²) >= 11 is 0. The first kappa shape index (κ1) is 19.7. The van der Waals surface area contributed by atoms with Crippen LogP contribution in [0.25, 0.3) is 0 Å². The molecule has 0 bridgehead atoms. The summed E-state index contributed by atoms with van der Waals surface area (Å²) in [5, 5.41) is 6.51. The van der Waals surface area contributed by atoms with Gasteiger partial charge in [-0.2, -0.15) is 0 Å². The van der Waals surface area contributed by atoms with Crippen LogP contribution >= 0.6 is 0 Å². The fourth-order valence-electron chi connectivity index (χ4n) is 1.96. The van der Waals surface area contributed by atoms with Gasteiger partial charge in [0.25, 0.3) is 0 Å². The van der Waals surface area contributed by atoms with Crippen LogP contribution in [0.3, 0.4) is 0 Å². The van der Waals surface area contributed by atoms with Crippen LogP contribution in [0, 0.1) is 6.92 Å². The lowest BCUT2D eigenvalue weighted by Gasteiger charge is -2.17. The van der Waals surface area contributed by atoms with Gasteiger partial charge in [0, 0.05) is 27.2 Å². The fourth-order valence-corrected chi connectivity index (χ4v) is 1.96. The maximum absolute atomic E-state index is 11.7. The molecule has 132 valence electrons. The number of carbonyl (C=O) groups is 1. The monoisotopic (exact) mass is 330 g/mol. The fraction of sp³-hybridized carbons (Fsp3) is 0.474. The number of nitrogens with one attached hydrogen (secondary N) is 2. The summed E-state index contributed by atoms with van der Waals surface area (Å²) in [6.07, 6.45) is 0. The molecule has 0 aliphatic rings. The largest absolute Gasteiger partial charge is 0.356 e. The number of amides is 1. The lowest BCUT2D eigenvalue weighted by Crippen LogP contribution is -2.40. The molecule has 1 amide bonds. The van der Waals surface area contributed by atoms with Crippen LogP contribution in [-0.4, -0.2) is 50.5 Å². The van der Waals surface area contributed by atoms with Crippen LogP contribution in [0.5, 0.6) is 0 Å². The third-order valence-electron chi connectivity index (χ3n) is 3.65. The molecule has 1 aromatic rings. The molecule has 1 unspecified atom stereocenters. The lowest BCUT2D eigenvalue weighted by atomic mass is 10.0. The molecule has 0 radical (unpaired) electrons. The van der Waals surface area contributed by atoms with E-state index in [2.05, 4.69) is 60.3 Å². The smallest absolute Gasteiger partial charge is 0.243 e. The predicted octanol–water partition coefficient (Wildman–Crippen LogP) is 2.30. The molecule has 0 spiro atoms. The second-order valence-electron chi connectivity index (χ2n) is 6.46. The summed E-state index contributed by atoms with van der Waals surface area (Å²) in [6.45, 7) is 11.6. The third-order valence-corrected chi connectivity index (χ3v) is 3.65. The number of hydrogen-bond acceptors (Lipinski definition) is 2. The quantitative estimate of drug-likeness (QED) is 0.458. The van der Waals surface area contributed by atoms with E-state index in [1.54, 1.807) is 14.1 Å². The van der Waals surface area contributed by atoms with Crippen molar-refractivity contribution < 1.29 is 4.79 Å². The molecule has 0 heterocycles. The minimum absolute atomic E-state index is 0.0296. The van der Waals surface area contributed by atoms with Crippen molar-refractivity contribution in [1.82, 2.24) is 15.5 Å². The molecule has 2 N–H and O–H groups in total. The number of guanidine groups is 1. The Morgan fingerprint density at radius 2 is 1.88 bits per heavy atom. The first-order valence-corrected chi connectivity index (χ1v) is 8.23. The molecule has 0 aliphatic carbocycles. The minimum Gasteiger partial charge on any atom is -0.356 e. The van der Waals surface area contributed by atoms with Gasteiger partial charge in [0.15, 0.2) is 5.96 Å². The summed E-state index contributed by atoms with van der Waals surface area (Å²) < 4.78 is 0. The van der Waals surface area contributed by atoms with E-state index in [-0.39, 0.29) is 12.5 Å². The van der Waals surface area contributed by atoms with E-state index < -0.39 is 0 Å². The van der Waals surface area contributed by atoms with Crippen LogP contribution < -0.4 is 10.6 Å². The van der Waals surface area contributed by atoms with Gasteiger partial charge in [-0.15, -0.1) is 0 Å². The van der Waals surface area contributed by atoms with E-state index in [0.717, 1.165) is 12.1 Å². The summed E-state index contributed by atoms with van der Waals surface area (Å²) in [6, 6.07) is 8.54. The molecule has 5 heteroatoms. The zero-order chi connectivity index (χ0) is 18.1. The van der Waals surface area contributed by atoms with Crippen LogP contribution in [0.1, 0.15) is 30.9 Å². The second kappa shape index (κ2) is 9.75. The summed E-state index contributed by atoms with van der Waals surface area (Å²) in [7, 11) is 3.46. The van der Waals surface area contributed by atoms with Gasteiger partial charge in [-0.25, -0.2) is 4.99 Å². The first-order chi connectivity index (χ1) is 11.3.